The third-order valence-electron chi connectivity index (χ3n) is 7.27. The van der Waals surface area contributed by atoms with Crippen LogP contribution >= 0.6 is 0 Å². The molecule has 0 amide bonds. The van der Waals surface area contributed by atoms with Crippen LogP contribution in [0, 0.1) is 19.3 Å². The molecule has 1 aliphatic heterocycles. The van der Waals surface area contributed by atoms with E-state index >= 15 is 0 Å². The number of hydrogen-bond acceptors (Lipinski definition) is 5. The highest BCUT2D eigenvalue weighted by atomic mass is 32.3. The molecule has 1 aliphatic rings. The molecule has 7 nitrogen and oxygen atoms in total. The normalized spacial score (nSPS) is 14.8. The van der Waals surface area contributed by atoms with Gasteiger partial charge < -0.3 is 19.1 Å². The Labute approximate surface area is 218 Å². The number of pyridine rings is 1. The van der Waals surface area contributed by atoms with Crippen molar-refractivity contribution < 1.29 is 16.5 Å². The van der Waals surface area contributed by atoms with Gasteiger partial charge in [-0.2, -0.15) is 8.42 Å². The number of fused-ring (bicyclic) bond motifs is 4. The number of benzene rings is 3. The molecule has 0 radical (unpaired) electrons. The molecule has 3 aromatic carbocycles. The van der Waals surface area contributed by atoms with Gasteiger partial charge in [0, 0.05) is 27.9 Å². The summed E-state index contributed by atoms with van der Waals surface area (Å²) in [5.41, 5.74) is 5.22. The Bertz CT molecular complexity index is 1960. The number of aromatic nitrogens is 2. The second-order valence-electron chi connectivity index (χ2n) is 9.62. The molecular formula is C29H24FN3O4S. The molecule has 1 fully saturated rings. The number of piperidine rings is 1. The van der Waals surface area contributed by atoms with Crippen molar-refractivity contribution in [2.75, 3.05) is 13.1 Å². The molecule has 6 rings (SSSR count). The summed E-state index contributed by atoms with van der Waals surface area (Å²) in [4.78, 5) is 17.4. The second-order valence-corrected chi connectivity index (χ2v) is 10.6. The second kappa shape index (κ2) is 9.01. The third-order valence-corrected chi connectivity index (χ3v) is 7.67. The summed E-state index contributed by atoms with van der Waals surface area (Å²) < 4.78 is 41.9. The summed E-state index contributed by atoms with van der Waals surface area (Å²) in [5.74, 6) is 2.53. The van der Waals surface area contributed by atoms with Crippen LogP contribution in [0.1, 0.15) is 30.0 Å². The molecule has 192 valence electrons. The highest BCUT2D eigenvalue weighted by Crippen LogP contribution is 2.36. The van der Waals surface area contributed by atoms with Crippen molar-refractivity contribution >= 4 is 43.3 Å². The molecule has 0 unspecified atom stereocenters. The molecule has 3 heterocycles. The molecule has 0 atom stereocenters. The SMILES string of the molecule is C#Cc1ccc2c(c1)[nH]c1c2c(=O)c2cc(C)c(-c3cccc(OS(=O)(=O)F)c3)cc2n1C1CCNCC1. The predicted octanol–water partition coefficient (Wildman–Crippen LogP) is 5.11. The molecule has 2 N–H and O–H groups in total. The lowest BCUT2D eigenvalue weighted by atomic mass is 9.96. The number of aromatic amines is 1. The van der Waals surface area contributed by atoms with E-state index in [1.807, 2.05) is 37.3 Å². The zero-order valence-electron chi connectivity index (χ0n) is 20.5. The number of terminal acetylenes is 1. The number of H-pyrrole nitrogens is 1. The Kier molecular flexibility index (Phi) is 5.74. The predicted molar refractivity (Wildman–Crippen MR) is 147 cm³/mol. The summed E-state index contributed by atoms with van der Waals surface area (Å²) in [7, 11) is -5.16. The number of aryl methyl sites for hydroxylation is 1. The van der Waals surface area contributed by atoms with Gasteiger partial charge in [0.25, 0.3) is 0 Å². The van der Waals surface area contributed by atoms with Crippen LogP contribution in [-0.4, -0.2) is 31.1 Å². The van der Waals surface area contributed by atoms with Crippen LogP contribution in [0.5, 0.6) is 5.75 Å². The van der Waals surface area contributed by atoms with E-state index in [1.54, 1.807) is 12.1 Å². The Balaban J connectivity index is 1.67. The highest BCUT2D eigenvalue weighted by molar-refractivity contribution is 7.81. The van der Waals surface area contributed by atoms with E-state index in [0.29, 0.717) is 16.3 Å². The van der Waals surface area contributed by atoms with E-state index in [4.69, 9.17) is 6.42 Å². The van der Waals surface area contributed by atoms with Crippen molar-refractivity contribution in [3.63, 3.8) is 0 Å². The minimum atomic E-state index is -5.16. The van der Waals surface area contributed by atoms with Crippen LogP contribution in [0.3, 0.4) is 0 Å². The minimum Gasteiger partial charge on any atom is -0.358 e. The third kappa shape index (κ3) is 4.12. The zero-order valence-corrected chi connectivity index (χ0v) is 21.4. The number of halogens is 1. The van der Waals surface area contributed by atoms with Crippen molar-refractivity contribution in [3.8, 4) is 29.2 Å². The van der Waals surface area contributed by atoms with Gasteiger partial charge in [-0.05, 0) is 85.9 Å². The number of nitrogens with zero attached hydrogens (tertiary/aromatic N) is 1. The van der Waals surface area contributed by atoms with Crippen molar-refractivity contribution in [1.29, 1.82) is 0 Å². The number of hydrogen-bond donors (Lipinski definition) is 2. The van der Waals surface area contributed by atoms with Gasteiger partial charge in [-0.15, -0.1) is 6.42 Å². The van der Waals surface area contributed by atoms with Crippen LogP contribution in [0.4, 0.5) is 3.89 Å². The van der Waals surface area contributed by atoms with E-state index in [9.17, 15) is 17.1 Å². The maximum atomic E-state index is 13.9. The maximum Gasteiger partial charge on any atom is 0.488 e. The smallest absolute Gasteiger partial charge is 0.358 e. The Morgan fingerprint density at radius 2 is 1.87 bits per heavy atom. The monoisotopic (exact) mass is 529 g/mol. The maximum absolute atomic E-state index is 13.9. The molecule has 9 heteroatoms. The first-order valence-corrected chi connectivity index (χ1v) is 13.6. The van der Waals surface area contributed by atoms with E-state index in [2.05, 4.69) is 25.0 Å². The summed E-state index contributed by atoms with van der Waals surface area (Å²) in [5, 5.41) is 5.46. The summed E-state index contributed by atoms with van der Waals surface area (Å²) >= 11 is 0. The molecular weight excluding hydrogens is 505 g/mol. The lowest BCUT2D eigenvalue weighted by Crippen LogP contribution is -2.30. The quantitative estimate of drug-likeness (QED) is 0.249. The topological polar surface area (TPSA) is 93.2 Å². The lowest BCUT2D eigenvalue weighted by molar-refractivity contribution is 0.381. The van der Waals surface area contributed by atoms with Gasteiger partial charge in [-0.25, -0.2) is 0 Å². The van der Waals surface area contributed by atoms with Gasteiger partial charge in [0.05, 0.1) is 10.9 Å². The van der Waals surface area contributed by atoms with Gasteiger partial charge in [0.1, 0.15) is 11.4 Å². The molecule has 0 saturated carbocycles. The number of rotatable bonds is 4. The Morgan fingerprint density at radius 1 is 1.08 bits per heavy atom. The van der Waals surface area contributed by atoms with E-state index in [-0.39, 0.29) is 17.2 Å². The fourth-order valence-electron chi connectivity index (χ4n) is 5.60. The molecule has 0 bridgehead atoms. The first kappa shape index (κ1) is 24.2. The van der Waals surface area contributed by atoms with Crippen molar-refractivity contribution in [3.05, 3.63) is 75.9 Å². The first-order valence-electron chi connectivity index (χ1n) is 12.3. The average molecular weight is 530 g/mol. The van der Waals surface area contributed by atoms with Crippen LogP contribution in [0.2, 0.25) is 0 Å². The van der Waals surface area contributed by atoms with E-state index in [0.717, 1.165) is 64.7 Å². The fourth-order valence-corrected chi connectivity index (χ4v) is 5.94. The molecule has 0 spiro atoms. The molecule has 38 heavy (non-hydrogen) atoms. The fraction of sp³-hybridized carbons (Fsp3) is 0.207. The van der Waals surface area contributed by atoms with Crippen molar-refractivity contribution in [1.82, 2.24) is 14.9 Å². The van der Waals surface area contributed by atoms with Gasteiger partial charge in [-0.3, -0.25) is 4.79 Å². The Hall–Kier alpha value is -4.13. The van der Waals surface area contributed by atoms with Gasteiger partial charge >= 0.3 is 10.5 Å². The summed E-state index contributed by atoms with van der Waals surface area (Å²) in [6.45, 7) is 3.61. The highest BCUT2D eigenvalue weighted by Gasteiger charge is 2.24. The molecule has 2 aromatic heterocycles. The number of nitrogens with one attached hydrogen (secondary N) is 2. The van der Waals surface area contributed by atoms with Gasteiger partial charge in [0.15, 0.2) is 5.43 Å². The van der Waals surface area contributed by atoms with Crippen LogP contribution < -0.4 is 14.9 Å². The minimum absolute atomic E-state index is 0.0739. The average Bonchev–Trinajstić information content (AvgIpc) is 3.27. The standard InChI is InChI=1S/C29H24FN3O4S/c1-3-18-7-8-22-25(14-18)32-29-27(22)28(34)24-13-17(2)23(16-26(24)33(29)20-9-11-31-12-10-20)19-5-4-6-21(15-19)37-38(30,35)36/h1,4-8,13-16,20,31-32H,9-12H2,2H3. The van der Waals surface area contributed by atoms with Gasteiger partial charge in [0.2, 0.25) is 0 Å². The van der Waals surface area contributed by atoms with Crippen molar-refractivity contribution in [2.24, 2.45) is 0 Å². The molecule has 0 aliphatic carbocycles. The Morgan fingerprint density at radius 3 is 2.61 bits per heavy atom. The zero-order chi connectivity index (χ0) is 26.6. The lowest BCUT2D eigenvalue weighted by Gasteiger charge is -2.28. The molecule has 1 saturated heterocycles. The van der Waals surface area contributed by atoms with E-state index in [1.165, 1.54) is 12.1 Å². The molecule has 5 aromatic rings. The first-order chi connectivity index (χ1) is 18.2. The summed E-state index contributed by atoms with van der Waals surface area (Å²) in [6.07, 6.45) is 7.40. The largest absolute Gasteiger partial charge is 0.488 e. The van der Waals surface area contributed by atoms with Crippen LogP contribution in [-0.2, 0) is 10.5 Å². The van der Waals surface area contributed by atoms with E-state index < -0.39 is 10.5 Å². The van der Waals surface area contributed by atoms with Gasteiger partial charge in [-0.1, -0.05) is 28.0 Å². The van der Waals surface area contributed by atoms with Crippen molar-refractivity contribution in [2.45, 2.75) is 25.8 Å². The van der Waals surface area contributed by atoms with Crippen LogP contribution in [0.25, 0.3) is 44.0 Å². The summed E-state index contributed by atoms with van der Waals surface area (Å²) in [6, 6.07) is 15.8. The van der Waals surface area contributed by atoms with Crippen LogP contribution in [0.15, 0.2) is 59.4 Å².